The highest BCUT2D eigenvalue weighted by Crippen LogP contribution is 2.19. The molecule has 0 atom stereocenters. The van der Waals surface area contributed by atoms with Crippen LogP contribution in [0.4, 0.5) is 11.6 Å². The summed E-state index contributed by atoms with van der Waals surface area (Å²) in [4.78, 5) is 8.58. The van der Waals surface area contributed by atoms with Gasteiger partial charge in [0.25, 0.3) is 0 Å². The summed E-state index contributed by atoms with van der Waals surface area (Å²) in [6.45, 7) is 7.85. The smallest absolute Gasteiger partial charge is 0.134 e. The van der Waals surface area contributed by atoms with Crippen molar-refractivity contribution < 1.29 is 0 Å². The lowest BCUT2D eigenvalue weighted by Crippen LogP contribution is -2.09. The fourth-order valence-corrected chi connectivity index (χ4v) is 1.95. The van der Waals surface area contributed by atoms with Crippen molar-refractivity contribution in [2.24, 2.45) is 7.05 Å². The molecule has 0 aromatic carbocycles. The maximum absolute atomic E-state index is 4.31. The van der Waals surface area contributed by atoms with E-state index in [2.05, 4.69) is 39.5 Å². The molecule has 2 aromatic rings. The summed E-state index contributed by atoms with van der Waals surface area (Å²) in [5, 5.41) is 10.9. The number of aryl methyl sites for hydroxylation is 1. The van der Waals surface area contributed by atoms with Crippen LogP contribution in [0, 0.1) is 13.8 Å². The van der Waals surface area contributed by atoms with Crippen LogP contribution in [0.1, 0.15) is 30.2 Å². The quantitative estimate of drug-likeness (QED) is 0.845. The zero-order chi connectivity index (χ0) is 14.5. The van der Waals surface area contributed by atoms with Gasteiger partial charge >= 0.3 is 0 Å². The summed E-state index contributed by atoms with van der Waals surface area (Å²) in [5.74, 6) is 1.76. The topological polar surface area (TPSA) is 67.7 Å². The molecule has 0 fully saturated rings. The van der Waals surface area contributed by atoms with E-state index in [0.717, 1.165) is 35.9 Å². The first-order valence-electron chi connectivity index (χ1n) is 6.90. The molecule has 2 N–H and O–H groups in total. The molecule has 0 amide bonds. The molecule has 0 unspecified atom stereocenters. The molecule has 2 heterocycles. The number of nitrogens with zero attached hydrogens (tertiary/aromatic N) is 4. The highest BCUT2D eigenvalue weighted by atomic mass is 15.3. The molecule has 0 aliphatic rings. The second kappa shape index (κ2) is 6.36. The molecule has 0 saturated heterocycles. The van der Waals surface area contributed by atoms with E-state index >= 15 is 0 Å². The van der Waals surface area contributed by atoms with E-state index in [9.17, 15) is 0 Å². The van der Waals surface area contributed by atoms with E-state index in [1.807, 2.05) is 24.9 Å². The van der Waals surface area contributed by atoms with Gasteiger partial charge in [-0.15, -0.1) is 0 Å². The average molecular weight is 274 g/mol. The summed E-state index contributed by atoms with van der Waals surface area (Å²) in [7, 11) is 1.95. The molecule has 6 nitrogen and oxygen atoms in total. The average Bonchev–Trinajstić information content (AvgIpc) is 2.76. The first-order chi connectivity index (χ1) is 9.63. The van der Waals surface area contributed by atoms with E-state index in [0.29, 0.717) is 6.54 Å². The minimum Gasteiger partial charge on any atom is -0.370 e. The summed E-state index contributed by atoms with van der Waals surface area (Å²) in [6.07, 6.45) is 4.54. The van der Waals surface area contributed by atoms with Crippen molar-refractivity contribution in [3.8, 4) is 0 Å². The predicted octanol–water partition coefficient (Wildman–Crippen LogP) is 2.26. The van der Waals surface area contributed by atoms with E-state index in [1.54, 1.807) is 6.33 Å². The number of hydrogen-bond donors (Lipinski definition) is 2. The fraction of sp³-hybridized carbons (Fsp3) is 0.500. The third-order valence-electron chi connectivity index (χ3n) is 3.41. The Bertz CT molecular complexity index is 575. The summed E-state index contributed by atoms with van der Waals surface area (Å²) < 4.78 is 1.87. The third kappa shape index (κ3) is 3.07. The van der Waals surface area contributed by atoms with Crippen molar-refractivity contribution in [3.63, 3.8) is 0 Å². The van der Waals surface area contributed by atoms with Gasteiger partial charge in [0.15, 0.2) is 0 Å². The van der Waals surface area contributed by atoms with Crippen LogP contribution in [-0.4, -0.2) is 26.3 Å². The Kier molecular flexibility index (Phi) is 4.55. The summed E-state index contributed by atoms with van der Waals surface area (Å²) in [6, 6.07) is 0. The van der Waals surface area contributed by atoms with Gasteiger partial charge < -0.3 is 10.6 Å². The van der Waals surface area contributed by atoms with Crippen LogP contribution in [0.2, 0.25) is 0 Å². The van der Waals surface area contributed by atoms with Crippen LogP contribution >= 0.6 is 0 Å². The summed E-state index contributed by atoms with van der Waals surface area (Å²) in [5.41, 5.74) is 3.38. The molecule has 20 heavy (non-hydrogen) atoms. The first-order valence-corrected chi connectivity index (χ1v) is 6.90. The fourth-order valence-electron chi connectivity index (χ4n) is 1.95. The molecule has 6 heteroatoms. The van der Waals surface area contributed by atoms with Crippen molar-refractivity contribution in [2.75, 3.05) is 17.2 Å². The zero-order valence-electron chi connectivity index (χ0n) is 12.6. The molecule has 0 radical (unpaired) electrons. The Labute approximate surface area is 119 Å². The van der Waals surface area contributed by atoms with Crippen LogP contribution in [0.5, 0.6) is 0 Å². The first kappa shape index (κ1) is 14.3. The molecule has 0 bridgehead atoms. The van der Waals surface area contributed by atoms with Crippen LogP contribution in [0.3, 0.4) is 0 Å². The number of anilines is 2. The number of nitrogens with one attached hydrogen (secondary N) is 2. The number of hydrogen-bond acceptors (Lipinski definition) is 5. The molecule has 2 aromatic heterocycles. The second-order valence-electron chi connectivity index (χ2n) is 4.86. The maximum atomic E-state index is 4.31. The molecule has 0 aliphatic carbocycles. The minimum absolute atomic E-state index is 0.713. The van der Waals surface area contributed by atoms with Gasteiger partial charge in [-0.3, -0.25) is 4.68 Å². The van der Waals surface area contributed by atoms with Gasteiger partial charge in [0.1, 0.15) is 18.0 Å². The van der Waals surface area contributed by atoms with Gasteiger partial charge in [0.2, 0.25) is 0 Å². The number of rotatable bonds is 6. The van der Waals surface area contributed by atoms with Gasteiger partial charge in [0, 0.05) is 37.0 Å². The largest absolute Gasteiger partial charge is 0.370 e. The van der Waals surface area contributed by atoms with Gasteiger partial charge in [0.05, 0.1) is 6.20 Å². The van der Waals surface area contributed by atoms with Crippen molar-refractivity contribution in [3.05, 3.63) is 29.3 Å². The van der Waals surface area contributed by atoms with Crippen molar-refractivity contribution in [1.29, 1.82) is 0 Å². The van der Waals surface area contributed by atoms with Gasteiger partial charge in [-0.05, 0) is 20.3 Å². The molecule has 108 valence electrons. The lowest BCUT2D eigenvalue weighted by atomic mass is 10.2. The highest BCUT2D eigenvalue weighted by molar-refractivity contribution is 5.56. The standard InChI is InChI=1S/C14H22N6/c1-5-6-15-13-10(2)14(18-9-17-13)16-7-12-8-19-20(4)11(12)3/h8-9H,5-7H2,1-4H3,(H2,15,16,17,18). The van der Waals surface area contributed by atoms with Crippen LogP contribution in [0.15, 0.2) is 12.5 Å². The monoisotopic (exact) mass is 274 g/mol. The Morgan fingerprint density at radius 3 is 2.45 bits per heavy atom. The van der Waals surface area contributed by atoms with Crippen molar-refractivity contribution >= 4 is 11.6 Å². The second-order valence-corrected chi connectivity index (χ2v) is 4.86. The molecule has 0 spiro atoms. The minimum atomic E-state index is 0.713. The van der Waals surface area contributed by atoms with Crippen LogP contribution in [-0.2, 0) is 13.6 Å². The lowest BCUT2D eigenvalue weighted by Gasteiger charge is -2.12. The van der Waals surface area contributed by atoms with Crippen molar-refractivity contribution in [1.82, 2.24) is 19.7 Å². The Morgan fingerprint density at radius 1 is 1.15 bits per heavy atom. The predicted molar refractivity (Wildman–Crippen MR) is 80.8 cm³/mol. The Balaban J connectivity index is 2.08. The Morgan fingerprint density at radius 2 is 1.85 bits per heavy atom. The molecule has 0 saturated carbocycles. The molecule has 0 aliphatic heterocycles. The van der Waals surface area contributed by atoms with Crippen molar-refractivity contribution in [2.45, 2.75) is 33.7 Å². The lowest BCUT2D eigenvalue weighted by molar-refractivity contribution is 0.738. The third-order valence-corrected chi connectivity index (χ3v) is 3.41. The number of aromatic nitrogens is 4. The molecular weight excluding hydrogens is 252 g/mol. The van der Waals surface area contributed by atoms with Gasteiger partial charge in [-0.25, -0.2) is 9.97 Å². The summed E-state index contributed by atoms with van der Waals surface area (Å²) >= 11 is 0. The molecular formula is C14H22N6. The maximum Gasteiger partial charge on any atom is 0.134 e. The van der Waals surface area contributed by atoms with Gasteiger partial charge in [-0.2, -0.15) is 5.10 Å². The van der Waals surface area contributed by atoms with E-state index < -0.39 is 0 Å². The van der Waals surface area contributed by atoms with E-state index in [-0.39, 0.29) is 0 Å². The van der Waals surface area contributed by atoms with Crippen LogP contribution < -0.4 is 10.6 Å². The van der Waals surface area contributed by atoms with Crippen LogP contribution in [0.25, 0.3) is 0 Å². The van der Waals surface area contributed by atoms with E-state index in [1.165, 1.54) is 5.56 Å². The molecule has 2 rings (SSSR count). The SMILES string of the molecule is CCCNc1ncnc(NCc2cnn(C)c2C)c1C. The van der Waals surface area contributed by atoms with Gasteiger partial charge in [-0.1, -0.05) is 6.92 Å². The highest BCUT2D eigenvalue weighted by Gasteiger charge is 2.08. The zero-order valence-corrected chi connectivity index (χ0v) is 12.6. The Hall–Kier alpha value is -2.11. The normalized spacial score (nSPS) is 10.6. The van der Waals surface area contributed by atoms with E-state index in [4.69, 9.17) is 0 Å².